The molecule has 1 rings (SSSR count). The average molecular weight is 248 g/mol. The molecule has 0 spiro atoms. The molecule has 0 aliphatic heterocycles. The quantitative estimate of drug-likeness (QED) is 0.743. The molecule has 0 fully saturated rings. The Kier molecular flexibility index (Phi) is 3.58. The maximum absolute atomic E-state index is 11.3. The van der Waals surface area contributed by atoms with Gasteiger partial charge in [0.2, 0.25) is 0 Å². The Labute approximate surface area is 83.3 Å². The number of hydrogen-bond donors (Lipinski definition) is 2. The van der Waals surface area contributed by atoms with E-state index in [-0.39, 0.29) is 18.6 Å². The molecule has 0 saturated carbocycles. The van der Waals surface area contributed by atoms with Crippen LogP contribution in [0.1, 0.15) is 0 Å². The molecule has 0 saturated heterocycles. The number of nitrogens with two attached hydrogens (primary N) is 1. The summed E-state index contributed by atoms with van der Waals surface area (Å²) >= 11 is 3.05. The van der Waals surface area contributed by atoms with Gasteiger partial charge in [0.15, 0.2) is 0 Å². The van der Waals surface area contributed by atoms with E-state index in [1.54, 1.807) is 0 Å². The van der Waals surface area contributed by atoms with E-state index < -0.39 is 6.10 Å². The highest BCUT2D eigenvalue weighted by atomic mass is 79.9. The van der Waals surface area contributed by atoms with E-state index >= 15 is 0 Å². The molecule has 0 aliphatic rings. The summed E-state index contributed by atoms with van der Waals surface area (Å²) in [5.41, 5.74) is 4.99. The Bertz CT molecular complexity index is 339. The first-order chi connectivity index (χ1) is 6.15. The van der Waals surface area contributed by atoms with Crippen molar-refractivity contribution in [3.8, 4) is 0 Å². The molecule has 0 amide bonds. The summed E-state index contributed by atoms with van der Waals surface area (Å²) in [7, 11) is 0. The molecular weight excluding hydrogens is 238 g/mol. The van der Waals surface area contributed by atoms with Gasteiger partial charge in [0, 0.05) is 12.7 Å². The largest absolute Gasteiger partial charge is 0.390 e. The molecule has 5 nitrogen and oxygen atoms in total. The van der Waals surface area contributed by atoms with Crippen molar-refractivity contribution in [3.05, 3.63) is 27.4 Å². The van der Waals surface area contributed by atoms with Crippen molar-refractivity contribution in [1.82, 2.24) is 9.55 Å². The van der Waals surface area contributed by atoms with Crippen LogP contribution >= 0.6 is 15.9 Å². The maximum atomic E-state index is 11.3. The molecule has 13 heavy (non-hydrogen) atoms. The fraction of sp³-hybridized carbons (Fsp3) is 0.429. The summed E-state index contributed by atoms with van der Waals surface area (Å²) in [6.07, 6.45) is 2.06. The summed E-state index contributed by atoms with van der Waals surface area (Å²) in [5, 5.41) is 9.20. The third kappa shape index (κ3) is 2.61. The van der Waals surface area contributed by atoms with Crippen LogP contribution in [0.2, 0.25) is 0 Å². The van der Waals surface area contributed by atoms with Crippen LogP contribution in [0.4, 0.5) is 0 Å². The Morgan fingerprint density at radius 3 is 3.08 bits per heavy atom. The molecule has 0 aromatic carbocycles. The molecule has 72 valence electrons. The van der Waals surface area contributed by atoms with Crippen molar-refractivity contribution in [3.63, 3.8) is 0 Å². The van der Waals surface area contributed by atoms with Crippen molar-refractivity contribution in [2.24, 2.45) is 5.73 Å². The highest BCUT2D eigenvalue weighted by Crippen LogP contribution is 1.98. The van der Waals surface area contributed by atoms with Crippen LogP contribution in [0.25, 0.3) is 0 Å². The zero-order valence-electron chi connectivity index (χ0n) is 6.85. The number of rotatable bonds is 3. The molecule has 6 heteroatoms. The molecular formula is C7H10BrN3O2. The van der Waals surface area contributed by atoms with Crippen LogP contribution in [0.5, 0.6) is 0 Å². The first-order valence-corrected chi connectivity index (χ1v) is 4.52. The minimum atomic E-state index is -0.714. The summed E-state index contributed by atoms with van der Waals surface area (Å²) in [6.45, 7) is 0.292. The summed E-state index contributed by atoms with van der Waals surface area (Å²) in [4.78, 5) is 15.1. The van der Waals surface area contributed by atoms with E-state index in [1.165, 1.54) is 17.1 Å². The van der Waals surface area contributed by atoms with Crippen LogP contribution in [-0.4, -0.2) is 27.3 Å². The zero-order chi connectivity index (χ0) is 9.84. The molecule has 1 atom stereocenters. The van der Waals surface area contributed by atoms with Crippen molar-refractivity contribution in [2.75, 3.05) is 6.54 Å². The number of aliphatic hydroxyl groups is 1. The van der Waals surface area contributed by atoms with Crippen molar-refractivity contribution < 1.29 is 5.11 Å². The first kappa shape index (κ1) is 10.4. The molecule has 1 heterocycles. The van der Waals surface area contributed by atoms with E-state index in [0.717, 1.165) is 0 Å². The topological polar surface area (TPSA) is 81.1 Å². The van der Waals surface area contributed by atoms with Crippen LogP contribution in [-0.2, 0) is 6.54 Å². The Morgan fingerprint density at radius 1 is 1.77 bits per heavy atom. The van der Waals surface area contributed by atoms with E-state index in [2.05, 4.69) is 20.9 Å². The van der Waals surface area contributed by atoms with Crippen LogP contribution in [0, 0.1) is 0 Å². The van der Waals surface area contributed by atoms with Crippen molar-refractivity contribution in [1.29, 1.82) is 0 Å². The monoisotopic (exact) mass is 247 g/mol. The standard InChI is InChI=1S/C7H10BrN3O2/c8-6-2-10-4-11(7(6)13)3-5(12)1-9/h2,4-5,12H,1,3,9H2. The minimum Gasteiger partial charge on any atom is -0.390 e. The lowest BCUT2D eigenvalue weighted by molar-refractivity contribution is 0.160. The van der Waals surface area contributed by atoms with Gasteiger partial charge in [-0.05, 0) is 15.9 Å². The molecule has 0 radical (unpaired) electrons. The Balaban J connectivity index is 2.89. The van der Waals surface area contributed by atoms with Gasteiger partial charge in [-0.2, -0.15) is 0 Å². The molecule has 1 aromatic rings. The lowest BCUT2D eigenvalue weighted by Gasteiger charge is -2.09. The van der Waals surface area contributed by atoms with Gasteiger partial charge in [-0.25, -0.2) is 4.98 Å². The normalized spacial score (nSPS) is 12.8. The lowest BCUT2D eigenvalue weighted by Crippen LogP contribution is -2.31. The third-order valence-corrected chi connectivity index (χ3v) is 2.08. The van der Waals surface area contributed by atoms with E-state index in [0.29, 0.717) is 4.47 Å². The highest BCUT2D eigenvalue weighted by Gasteiger charge is 2.05. The SMILES string of the molecule is NCC(O)Cn1cncc(Br)c1=O. The number of aliphatic hydroxyl groups excluding tert-OH is 1. The summed E-state index contributed by atoms with van der Waals surface area (Å²) in [6, 6.07) is 0. The van der Waals surface area contributed by atoms with E-state index in [9.17, 15) is 9.90 Å². The van der Waals surface area contributed by atoms with Gasteiger partial charge in [0.1, 0.15) is 4.47 Å². The summed E-state index contributed by atoms with van der Waals surface area (Å²) < 4.78 is 1.68. The van der Waals surface area contributed by atoms with Gasteiger partial charge in [-0.1, -0.05) is 0 Å². The fourth-order valence-corrected chi connectivity index (χ4v) is 1.20. The molecule has 1 unspecified atom stereocenters. The smallest absolute Gasteiger partial charge is 0.267 e. The Morgan fingerprint density at radius 2 is 2.46 bits per heavy atom. The van der Waals surface area contributed by atoms with Gasteiger partial charge in [-0.15, -0.1) is 0 Å². The van der Waals surface area contributed by atoms with Gasteiger partial charge in [-0.3, -0.25) is 9.36 Å². The fourth-order valence-electron chi connectivity index (χ4n) is 0.856. The van der Waals surface area contributed by atoms with Gasteiger partial charge in [0.05, 0.1) is 19.0 Å². The van der Waals surface area contributed by atoms with Gasteiger partial charge >= 0.3 is 0 Å². The van der Waals surface area contributed by atoms with Gasteiger partial charge in [0.25, 0.3) is 5.56 Å². The van der Waals surface area contributed by atoms with Gasteiger partial charge < -0.3 is 10.8 Å². The third-order valence-electron chi connectivity index (χ3n) is 1.54. The number of halogens is 1. The number of hydrogen-bond acceptors (Lipinski definition) is 4. The number of nitrogens with zero attached hydrogens (tertiary/aromatic N) is 2. The second-order valence-corrected chi connectivity index (χ2v) is 3.44. The predicted molar refractivity (Wildman–Crippen MR) is 51.3 cm³/mol. The minimum absolute atomic E-state index is 0.124. The number of aromatic nitrogens is 2. The molecule has 3 N–H and O–H groups in total. The average Bonchev–Trinajstić information content (AvgIpc) is 2.13. The van der Waals surface area contributed by atoms with Crippen molar-refractivity contribution >= 4 is 15.9 Å². The van der Waals surface area contributed by atoms with Crippen LogP contribution < -0.4 is 11.3 Å². The highest BCUT2D eigenvalue weighted by molar-refractivity contribution is 9.10. The lowest BCUT2D eigenvalue weighted by atomic mass is 10.3. The molecule has 0 aliphatic carbocycles. The maximum Gasteiger partial charge on any atom is 0.267 e. The predicted octanol–water partition coefficient (Wildman–Crippen LogP) is -0.675. The van der Waals surface area contributed by atoms with Crippen molar-refractivity contribution in [2.45, 2.75) is 12.6 Å². The summed E-state index contributed by atoms with van der Waals surface area (Å²) in [5.74, 6) is 0. The second kappa shape index (κ2) is 4.50. The molecule has 1 aromatic heterocycles. The Hall–Kier alpha value is -0.720. The van der Waals surface area contributed by atoms with Crippen LogP contribution in [0.15, 0.2) is 21.8 Å². The van der Waals surface area contributed by atoms with E-state index in [4.69, 9.17) is 5.73 Å². The molecule has 0 bridgehead atoms. The second-order valence-electron chi connectivity index (χ2n) is 2.59. The van der Waals surface area contributed by atoms with E-state index in [1.807, 2.05) is 0 Å². The zero-order valence-corrected chi connectivity index (χ0v) is 8.44. The first-order valence-electron chi connectivity index (χ1n) is 3.73. The van der Waals surface area contributed by atoms with Crippen LogP contribution in [0.3, 0.4) is 0 Å².